The maximum absolute atomic E-state index is 12.6. The Kier molecular flexibility index (Phi) is 9.40. The zero-order valence-corrected chi connectivity index (χ0v) is 22.8. The molecule has 13 nitrogen and oxygen atoms in total. The summed E-state index contributed by atoms with van der Waals surface area (Å²) in [6, 6.07) is -0.271. The third kappa shape index (κ3) is 5.92. The van der Waals surface area contributed by atoms with Gasteiger partial charge in [0.15, 0.2) is 0 Å². The smallest absolute Gasteiger partial charge is 0.416 e. The molecule has 0 spiro atoms. The van der Waals surface area contributed by atoms with Gasteiger partial charge >= 0.3 is 18.2 Å². The van der Waals surface area contributed by atoms with E-state index in [2.05, 4.69) is 29.6 Å². The van der Waals surface area contributed by atoms with Gasteiger partial charge in [0.05, 0.1) is 46.5 Å². The number of aliphatic hydroxyl groups excluding tert-OH is 1. The Morgan fingerprint density at radius 2 is 1.80 bits per heavy atom. The molecule has 0 aromatic carbocycles. The standard InChI is InChI=1S/C19H30N5O8P3/c1-8-11(14(16(27)30-33)24-13(8)12(9(2)25)15(24)26)7-23-4-3-10(6-23)5-20-17(21-18(28)31-34)22-19(29)32-35/h8-10,12-13,25H,3-7,33-35H2,1-2H3,(H2,20,21,22,28,29)/t8-,9+,10+,12?,13+/m0/s1. The number of aliphatic hydroxyl groups is 1. The van der Waals surface area contributed by atoms with Crippen LogP contribution < -0.4 is 10.6 Å². The van der Waals surface area contributed by atoms with Gasteiger partial charge < -0.3 is 23.6 Å². The number of nitrogens with zero attached hydrogens (tertiary/aromatic N) is 3. The molecule has 35 heavy (non-hydrogen) atoms. The van der Waals surface area contributed by atoms with Crippen LogP contribution in [0.2, 0.25) is 0 Å². The predicted molar refractivity (Wildman–Crippen MR) is 133 cm³/mol. The highest BCUT2D eigenvalue weighted by molar-refractivity contribution is 7.11. The monoisotopic (exact) mass is 549 g/mol. The van der Waals surface area contributed by atoms with Crippen molar-refractivity contribution >= 4 is 58.4 Å². The van der Waals surface area contributed by atoms with Crippen molar-refractivity contribution in [3.63, 3.8) is 0 Å². The highest BCUT2D eigenvalue weighted by Crippen LogP contribution is 2.47. The number of hydrogen-bond acceptors (Lipinski definition) is 10. The molecule has 0 aromatic heterocycles. The average molecular weight is 549 g/mol. The van der Waals surface area contributed by atoms with Gasteiger partial charge in [-0.1, -0.05) is 6.92 Å². The number of aliphatic imine (C=N–C) groups is 1. The first-order valence-electron chi connectivity index (χ1n) is 10.9. The van der Waals surface area contributed by atoms with Crippen LogP contribution in [0.4, 0.5) is 9.59 Å². The lowest BCUT2D eigenvalue weighted by atomic mass is 9.77. The lowest BCUT2D eigenvalue weighted by Gasteiger charge is -2.46. The summed E-state index contributed by atoms with van der Waals surface area (Å²) in [6.45, 7) is 5.69. The SMILES string of the molecule is C[C@@H](O)C1C(=O)N2C(C(=O)OP)=C(CN3CC[C@H](CN=C(NC(=O)OP)NC(=O)OP)C3)[C@H](C)[C@H]12. The minimum Gasteiger partial charge on any atom is -0.447 e. The highest BCUT2D eigenvalue weighted by atomic mass is 31.0. The first kappa shape index (κ1) is 27.7. The Labute approximate surface area is 209 Å². The van der Waals surface area contributed by atoms with Crippen molar-refractivity contribution in [2.75, 3.05) is 26.2 Å². The van der Waals surface area contributed by atoms with Gasteiger partial charge in [0.25, 0.3) is 0 Å². The molecule has 194 valence electrons. The van der Waals surface area contributed by atoms with Crippen LogP contribution in [0.15, 0.2) is 16.3 Å². The summed E-state index contributed by atoms with van der Waals surface area (Å²) in [7, 11) is 5.51. The summed E-state index contributed by atoms with van der Waals surface area (Å²) in [5.74, 6) is -1.51. The van der Waals surface area contributed by atoms with Crippen LogP contribution in [-0.2, 0) is 23.2 Å². The molecule has 2 saturated heterocycles. The number of carbonyl (C=O) groups is 4. The van der Waals surface area contributed by atoms with Gasteiger partial charge in [0.2, 0.25) is 11.9 Å². The van der Waals surface area contributed by atoms with Crippen molar-refractivity contribution in [3.8, 4) is 0 Å². The number of amides is 3. The van der Waals surface area contributed by atoms with Crippen molar-refractivity contribution in [2.24, 2.45) is 22.7 Å². The van der Waals surface area contributed by atoms with Crippen molar-refractivity contribution < 1.29 is 37.9 Å². The van der Waals surface area contributed by atoms with Gasteiger partial charge in [-0.3, -0.25) is 25.3 Å². The molecule has 0 aliphatic carbocycles. The number of nitrogens with one attached hydrogen (secondary N) is 2. The van der Waals surface area contributed by atoms with Gasteiger partial charge in [-0.25, -0.2) is 14.4 Å². The summed E-state index contributed by atoms with van der Waals surface area (Å²) in [5.41, 5.74) is 1.06. The Hall–Kier alpha value is -1.90. The quantitative estimate of drug-likeness (QED) is 0.181. The van der Waals surface area contributed by atoms with Gasteiger partial charge in [0, 0.05) is 25.6 Å². The molecule has 0 radical (unpaired) electrons. The van der Waals surface area contributed by atoms with E-state index in [1.54, 1.807) is 25.9 Å². The van der Waals surface area contributed by atoms with Crippen LogP contribution in [0, 0.1) is 17.8 Å². The predicted octanol–water partition coefficient (Wildman–Crippen LogP) is 0.142. The van der Waals surface area contributed by atoms with Gasteiger partial charge in [-0.05, 0) is 31.4 Å². The van der Waals surface area contributed by atoms with Crippen LogP contribution in [0.1, 0.15) is 20.3 Å². The second kappa shape index (κ2) is 11.9. The highest BCUT2D eigenvalue weighted by Gasteiger charge is 2.60. The van der Waals surface area contributed by atoms with E-state index < -0.39 is 30.2 Å². The van der Waals surface area contributed by atoms with Crippen LogP contribution in [-0.4, -0.2) is 83.3 Å². The number of likely N-dealkylation sites (tertiary alicyclic amines) is 1. The zero-order valence-electron chi connectivity index (χ0n) is 19.3. The van der Waals surface area contributed by atoms with E-state index in [4.69, 9.17) is 4.52 Å². The molecule has 3 aliphatic rings. The van der Waals surface area contributed by atoms with E-state index in [1.165, 1.54) is 4.90 Å². The maximum Gasteiger partial charge on any atom is 0.416 e. The molecule has 0 saturated carbocycles. The topological polar surface area (TPSA) is 159 Å². The Balaban J connectivity index is 1.68. The van der Waals surface area contributed by atoms with E-state index >= 15 is 0 Å². The molecule has 8 atom stereocenters. The molecule has 2 fully saturated rings. The summed E-state index contributed by atoms with van der Waals surface area (Å²) < 4.78 is 13.8. The number of hydrogen-bond donors (Lipinski definition) is 3. The molecule has 3 rings (SSSR count). The number of carbonyl (C=O) groups excluding carboxylic acids is 4. The molecule has 0 aromatic rings. The van der Waals surface area contributed by atoms with E-state index in [1.807, 2.05) is 16.4 Å². The Morgan fingerprint density at radius 3 is 2.34 bits per heavy atom. The van der Waals surface area contributed by atoms with Crippen molar-refractivity contribution in [2.45, 2.75) is 32.4 Å². The van der Waals surface area contributed by atoms with E-state index in [9.17, 15) is 24.3 Å². The third-order valence-electron chi connectivity index (χ3n) is 6.54. The van der Waals surface area contributed by atoms with Gasteiger partial charge in [0.1, 0.15) is 5.70 Å². The number of rotatable bonds is 6. The minimum absolute atomic E-state index is 0.104. The number of fused-ring (bicyclic) bond motifs is 1. The molecule has 0 bridgehead atoms. The lowest BCUT2D eigenvalue weighted by molar-refractivity contribution is -0.162. The molecule has 16 heteroatoms. The number of β-lactam (4-membered cyclic amide) rings is 1. The maximum atomic E-state index is 12.6. The van der Waals surface area contributed by atoms with Crippen LogP contribution in [0.25, 0.3) is 0 Å². The van der Waals surface area contributed by atoms with Gasteiger partial charge in [-0.2, -0.15) is 0 Å². The third-order valence-corrected chi connectivity index (χ3v) is 7.18. The van der Waals surface area contributed by atoms with Crippen LogP contribution in [0.5, 0.6) is 0 Å². The molecule has 3 heterocycles. The first-order chi connectivity index (χ1) is 16.6. The fourth-order valence-electron chi connectivity index (χ4n) is 4.93. The van der Waals surface area contributed by atoms with Crippen molar-refractivity contribution in [1.29, 1.82) is 0 Å². The van der Waals surface area contributed by atoms with Crippen LogP contribution in [0.3, 0.4) is 0 Å². The molecule has 3 aliphatic heterocycles. The summed E-state index contributed by atoms with van der Waals surface area (Å²) >= 11 is 0. The van der Waals surface area contributed by atoms with Crippen molar-refractivity contribution in [3.05, 3.63) is 11.3 Å². The minimum atomic E-state index is -0.823. The molecular weight excluding hydrogens is 519 g/mol. The molecule has 3 N–H and O–H groups in total. The number of guanidine groups is 1. The lowest BCUT2D eigenvalue weighted by Crippen LogP contribution is -2.63. The normalized spacial score (nSPS) is 26.5. The fourth-order valence-corrected chi connectivity index (χ4v) is 5.16. The van der Waals surface area contributed by atoms with Gasteiger partial charge in [-0.15, -0.1) is 0 Å². The summed E-state index contributed by atoms with van der Waals surface area (Å²) in [6.07, 6.45) is -1.66. The average Bonchev–Trinajstić information content (AvgIpc) is 3.37. The fraction of sp³-hybridized carbons (Fsp3) is 0.632. The zero-order chi connectivity index (χ0) is 25.9. The molecular formula is C19H30N5O8P3. The summed E-state index contributed by atoms with van der Waals surface area (Å²) in [4.78, 5) is 56.1. The van der Waals surface area contributed by atoms with E-state index in [-0.39, 0.29) is 35.4 Å². The Morgan fingerprint density at radius 1 is 1.17 bits per heavy atom. The second-order valence-electron chi connectivity index (χ2n) is 8.67. The first-order valence-corrected chi connectivity index (χ1v) is 12.3. The van der Waals surface area contributed by atoms with Crippen LogP contribution >= 0.6 is 28.4 Å². The summed E-state index contributed by atoms with van der Waals surface area (Å²) in [5, 5.41) is 14.7. The van der Waals surface area contributed by atoms with E-state index in [0.29, 0.717) is 19.6 Å². The Bertz CT molecular complexity index is 925. The second-order valence-corrected chi connectivity index (χ2v) is 9.38. The van der Waals surface area contributed by atoms with Crippen molar-refractivity contribution in [1.82, 2.24) is 20.4 Å². The van der Waals surface area contributed by atoms with E-state index in [0.717, 1.165) is 18.5 Å². The molecule has 3 amide bonds. The molecule has 4 unspecified atom stereocenters. The largest absolute Gasteiger partial charge is 0.447 e.